The van der Waals surface area contributed by atoms with Gasteiger partial charge in [0.05, 0.1) is 0 Å². The molecule has 1 aromatic heterocycles. The first-order chi connectivity index (χ1) is 19.8. The molecular formula is C33H38N4O4. The predicted octanol–water partition coefficient (Wildman–Crippen LogP) is 5.51. The Hall–Kier alpha value is -4.04. The summed E-state index contributed by atoms with van der Waals surface area (Å²) in [5.74, 6) is -0.0289. The Morgan fingerprint density at radius 2 is 1.73 bits per heavy atom. The maximum atomic E-state index is 13.8. The minimum absolute atomic E-state index is 0.0355. The van der Waals surface area contributed by atoms with Gasteiger partial charge in [-0.2, -0.15) is 0 Å². The Labute approximate surface area is 240 Å². The molecule has 41 heavy (non-hydrogen) atoms. The lowest BCUT2D eigenvalue weighted by molar-refractivity contribution is -0.128. The number of carbonyl (C=O) groups is 3. The van der Waals surface area contributed by atoms with Gasteiger partial charge in [0.1, 0.15) is 5.52 Å². The van der Waals surface area contributed by atoms with Crippen LogP contribution in [0.4, 0.5) is 5.69 Å². The number of oxazole rings is 1. The zero-order chi connectivity index (χ0) is 28.8. The van der Waals surface area contributed by atoms with Gasteiger partial charge in [0.25, 0.3) is 5.89 Å². The van der Waals surface area contributed by atoms with E-state index in [-0.39, 0.29) is 35.8 Å². The number of nitrogens with zero attached hydrogens (tertiary/aromatic N) is 2. The highest BCUT2D eigenvalue weighted by molar-refractivity contribution is 6.05. The van der Waals surface area contributed by atoms with Gasteiger partial charge in [0.2, 0.25) is 17.6 Å². The lowest BCUT2D eigenvalue weighted by atomic mass is 9.87. The van der Waals surface area contributed by atoms with E-state index >= 15 is 0 Å². The Kier molecular flexibility index (Phi) is 8.78. The van der Waals surface area contributed by atoms with Gasteiger partial charge in [-0.1, -0.05) is 62.4 Å². The number of hydrogen-bond donors (Lipinski definition) is 2. The van der Waals surface area contributed by atoms with Crippen molar-refractivity contribution in [2.75, 3.05) is 31.1 Å². The van der Waals surface area contributed by atoms with E-state index < -0.39 is 5.41 Å². The number of hydrogen-bond acceptors (Lipinski definition) is 6. The van der Waals surface area contributed by atoms with E-state index in [2.05, 4.69) is 15.6 Å². The first-order valence-electron chi connectivity index (χ1n) is 14.5. The Bertz CT molecular complexity index is 1520. The van der Waals surface area contributed by atoms with Crippen LogP contribution in [0.1, 0.15) is 56.6 Å². The summed E-state index contributed by atoms with van der Waals surface area (Å²) in [7, 11) is 0. The Morgan fingerprint density at radius 1 is 1.00 bits per heavy atom. The quantitative estimate of drug-likeness (QED) is 0.237. The largest absolute Gasteiger partial charge is 0.434 e. The summed E-state index contributed by atoms with van der Waals surface area (Å²) >= 11 is 0. The molecule has 0 radical (unpaired) electrons. The molecule has 0 spiro atoms. The number of ketones is 1. The second-order valence-corrected chi connectivity index (χ2v) is 11.4. The fourth-order valence-electron chi connectivity index (χ4n) is 5.44. The molecule has 2 N–H and O–H groups in total. The fourth-order valence-corrected chi connectivity index (χ4v) is 5.44. The van der Waals surface area contributed by atoms with E-state index in [1.54, 1.807) is 4.90 Å². The van der Waals surface area contributed by atoms with Gasteiger partial charge in [-0.15, -0.1) is 0 Å². The lowest BCUT2D eigenvalue weighted by Gasteiger charge is -2.32. The van der Waals surface area contributed by atoms with Crippen molar-refractivity contribution in [1.82, 2.24) is 15.6 Å². The molecule has 0 aliphatic carbocycles. The molecule has 0 saturated carbocycles. The van der Waals surface area contributed by atoms with Crippen LogP contribution >= 0.6 is 0 Å². The maximum Gasteiger partial charge on any atom is 0.264 e. The second-order valence-electron chi connectivity index (χ2n) is 11.4. The van der Waals surface area contributed by atoms with Crippen molar-refractivity contribution < 1.29 is 18.8 Å². The van der Waals surface area contributed by atoms with Gasteiger partial charge in [-0.3, -0.25) is 14.4 Å². The van der Waals surface area contributed by atoms with Crippen molar-refractivity contribution in [3.63, 3.8) is 0 Å². The lowest BCUT2D eigenvalue weighted by Crippen LogP contribution is -2.44. The number of piperidine rings is 1. The number of anilines is 1. The van der Waals surface area contributed by atoms with Crippen molar-refractivity contribution in [2.24, 2.45) is 11.3 Å². The number of para-hydroxylation sites is 1. The molecule has 2 amide bonds. The topological polar surface area (TPSA) is 105 Å². The summed E-state index contributed by atoms with van der Waals surface area (Å²) in [6.45, 7) is 6.36. The summed E-state index contributed by atoms with van der Waals surface area (Å²) in [4.78, 5) is 45.7. The SMILES string of the molecule is CC(C)(CCNC(=O)C1CCNCC1)C(=O)N(CCCC(=O)c1nc2c(ccc3ccccc32)o1)c1ccccc1. The van der Waals surface area contributed by atoms with Crippen LogP contribution in [0.2, 0.25) is 0 Å². The highest BCUT2D eigenvalue weighted by atomic mass is 16.4. The zero-order valence-corrected chi connectivity index (χ0v) is 23.8. The summed E-state index contributed by atoms with van der Waals surface area (Å²) in [5, 5.41) is 8.31. The van der Waals surface area contributed by atoms with Crippen molar-refractivity contribution in [3.05, 3.63) is 72.6 Å². The fraction of sp³-hybridized carbons (Fsp3) is 0.394. The third-order valence-electron chi connectivity index (χ3n) is 7.96. The number of nitrogens with one attached hydrogen (secondary N) is 2. The zero-order valence-electron chi connectivity index (χ0n) is 23.8. The molecule has 0 bridgehead atoms. The van der Waals surface area contributed by atoms with Crippen molar-refractivity contribution >= 4 is 45.2 Å². The van der Waals surface area contributed by atoms with Crippen molar-refractivity contribution in [2.45, 2.75) is 46.0 Å². The summed E-state index contributed by atoms with van der Waals surface area (Å²) in [5.41, 5.74) is 1.34. The number of amides is 2. The van der Waals surface area contributed by atoms with Gasteiger partial charge in [-0.05, 0) is 62.4 Å². The van der Waals surface area contributed by atoms with Crippen LogP contribution in [0.15, 0.2) is 71.1 Å². The average Bonchev–Trinajstić information content (AvgIpc) is 3.45. The van der Waals surface area contributed by atoms with Crippen LogP contribution < -0.4 is 15.5 Å². The van der Waals surface area contributed by atoms with E-state index in [0.29, 0.717) is 37.0 Å². The molecule has 3 aromatic carbocycles. The van der Waals surface area contributed by atoms with Gasteiger partial charge in [0.15, 0.2) is 5.58 Å². The van der Waals surface area contributed by atoms with Crippen LogP contribution in [-0.4, -0.2) is 48.8 Å². The molecule has 8 nitrogen and oxygen atoms in total. The van der Waals surface area contributed by atoms with Crippen LogP contribution in [0.25, 0.3) is 21.9 Å². The molecule has 0 unspecified atom stereocenters. The van der Waals surface area contributed by atoms with E-state index in [1.165, 1.54) is 0 Å². The third-order valence-corrected chi connectivity index (χ3v) is 7.96. The van der Waals surface area contributed by atoms with Crippen LogP contribution in [-0.2, 0) is 9.59 Å². The minimum Gasteiger partial charge on any atom is -0.434 e. The van der Waals surface area contributed by atoms with Gasteiger partial charge >= 0.3 is 0 Å². The molecule has 2 heterocycles. The van der Waals surface area contributed by atoms with E-state index in [9.17, 15) is 14.4 Å². The van der Waals surface area contributed by atoms with Crippen molar-refractivity contribution in [3.8, 4) is 0 Å². The van der Waals surface area contributed by atoms with Gasteiger partial charge in [-0.25, -0.2) is 4.98 Å². The van der Waals surface area contributed by atoms with E-state index in [1.807, 2.05) is 80.6 Å². The average molecular weight is 555 g/mol. The van der Waals surface area contributed by atoms with Crippen molar-refractivity contribution in [1.29, 1.82) is 0 Å². The van der Waals surface area contributed by atoms with Crippen LogP contribution in [0.3, 0.4) is 0 Å². The molecule has 5 rings (SSSR count). The number of carbonyl (C=O) groups excluding carboxylic acids is 3. The number of fused-ring (bicyclic) bond motifs is 3. The minimum atomic E-state index is -0.706. The maximum absolute atomic E-state index is 13.8. The van der Waals surface area contributed by atoms with Gasteiger partial charge in [0, 0.05) is 41.9 Å². The number of benzene rings is 3. The van der Waals surface area contributed by atoms with E-state index in [0.717, 1.165) is 42.4 Å². The first-order valence-corrected chi connectivity index (χ1v) is 14.5. The number of aromatic nitrogens is 1. The summed E-state index contributed by atoms with van der Waals surface area (Å²) in [6, 6.07) is 21.2. The third kappa shape index (κ3) is 6.65. The highest BCUT2D eigenvalue weighted by Gasteiger charge is 2.33. The standard InChI is InChI=1S/C33H38N4O4/c1-33(2,18-21-35-30(39)24-16-19-34-20-17-24)32(40)37(25-10-4-3-5-11-25)22-8-13-27(38)31-36-29-26-12-7-6-9-23(26)14-15-28(29)41-31/h3-7,9-12,14-15,24,34H,8,13,16-22H2,1-2H3,(H,35,39). The monoisotopic (exact) mass is 554 g/mol. The molecule has 8 heteroatoms. The molecule has 1 aliphatic rings. The predicted molar refractivity (Wildman–Crippen MR) is 161 cm³/mol. The van der Waals surface area contributed by atoms with Crippen LogP contribution in [0, 0.1) is 11.3 Å². The highest BCUT2D eigenvalue weighted by Crippen LogP contribution is 2.29. The Morgan fingerprint density at radius 3 is 2.51 bits per heavy atom. The summed E-state index contributed by atoms with van der Waals surface area (Å²) < 4.78 is 5.81. The molecule has 1 fully saturated rings. The first kappa shape index (κ1) is 28.5. The molecule has 0 atom stereocenters. The molecular weight excluding hydrogens is 516 g/mol. The number of Topliss-reactive ketones (excluding diaryl/α,β-unsaturated/α-hetero) is 1. The van der Waals surface area contributed by atoms with Crippen LogP contribution in [0.5, 0.6) is 0 Å². The molecule has 214 valence electrons. The summed E-state index contributed by atoms with van der Waals surface area (Å²) in [6.07, 6.45) is 2.86. The molecule has 4 aromatic rings. The smallest absolute Gasteiger partial charge is 0.264 e. The normalized spacial score (nSPS) is 14.3. The molecule has 1 aliphatic heterocycles. The Balaban J connectivity index is 1.22. The van der Waals surface area contributed by atoms with Gasteiger partial charge < -0.3 is 20.0 Å². The molecule has 1 saturated heterocycles. The van der Waals surface area contributed by atoms with E-state index in [4.69, 9.17) is 4.42 Å². The number of rotatable bonds is 11. The second kappa shape index (κ2) is 12.6.